The Morgan fingerprint density at radius 1 is 0.571 bits per heavy atom. The second-order valence-corrected chi connectivity index (χ2v) is 0.894. The van der Waals surface area contributed by atoms with Crippen molar-refractivity contribution in [2.75, 3.05) is 0 Å². The summed E-state index contributed by atoms with van der Waals surface area (Å²) in [5.74, 6) is 0. The Morgan fingerprint density at radius 3 is 0.571 bits per heavy atom. The van der Waals surface area contributed by atoms with Gasteiger partial charge in [0, 0.05) is 27.7 Å². The van der Waals surface area contributed by atoms with Crippen molar-refractivity contribution in [2.45, 2.75) is 27.7 Å². The second kappa shape index (κ2) is 167. The quantitative estimate of drug-likeness (QED) is 0.493. The molecule has 0 heterocycles. The fourth-order valence-electron chi connectivity index (χ4n) is 0. The molecule has 0 fully saturated rings. The van der Waals surface area contributed by atoms with Crippen LogP contribution in [0.1, 0.15) is 27.7 Å². The van der Waals surface area contributed by atoms with E-state index < -0.39 is 0 Å². The van der Waals surface area contributed by atoms with Gasteiger partial charge in [-0.2, -0.15) is 30.9 Å². The first-order chi connectivity index (χ1) is 5.66. The van der Waals surface area contributed by atoms with Crippen LogP contribution in [0, 0.1) is 45.3 Å². The summed E-state index contributed by atoms with van der Waals surface area (Å²) in [5, 5.41) is 29.3. The molecule has 82 valence electrons. The van der Waals surface area contributed by atoms with Crippen LogP contribution in [0.5, 0.6) is 0 Å². The van der Waals surface area contributed by atoms with E-state index in [0.717, 1.165) is 0 Å². The number of nitriles is 4. The van der Waals surface area contributed by atoms with E-state index in [0.29, 0.717) is 0 Å². The molecule has 0 rings (SSSR count). The monoisotopic (exact) mass is 261 g/mol. The minimum absolute atomic E-state index is 0. The van der Waals surface area contributed by atoms with Crippen LogP contribution in [0.15, 0.2) is 0 Å². The van der Waals surface area contributed by atoms with Crippen molar-refractivity contribution in [2.24, 2.45) is 0 Å². The van der Waals surface area contributed by atoms with Gasteiger partial charge in [0.05, 0.1) is 24.3 Å². The van der Waals surface area contributed by atoms with Gasteiger partial charge < -0.3 is 0 Å². The predicted molar refractivity (Wildman–Crippen MR) is 56.3 cm³/mol. The predicted octanol–water partition coefficient (Wildman–Crippen LogP) is 2.18. The van der Waals surface area contributed by atoms with Crippen molar-refractivity contribution in [1.29, 1.82) is 21.0 Å². The van der Waals surface area contributed by atoms with Gasteiger partial charge in [0.1, 0.15) is 0 Å². The van der Waals surface area contributed by atoms with Crippen molar-refractivity contribution in [3.63, 3.8) is 0 Å². The van der Waals surface area contributed by atoms with E-state index >= 15 is 0 Å². The molecule has 6 heteroatoms. The summed E-state index contributed by atoms with van der Waals surface area (Å²) in [6.07, 6.45) is 0. The summed E-state index contributed by atoms with van der Waals surface area (Å²) in [6, 6.07) is 7.00. The summed E-state index contributed by atoms with van der Waals surface area (Å²) in [4.78, 5) is 0. The van der Waals surface area contributed by atoms with E-state index in [1.54, 1.807) is 24.3 Å². The Morgan fingerprint density at radius 2 is 0.571 bits per heavy atom. The maximum Gasteiger partial charge on any atom is 1.00 e. The zero-order valence-corrected chi connectivity index (χ0v) is 11.2. The molecule has 0 aliphatic carbocycles. The number of hydrogen-bond acceptors (Lipinski definition) is 4. The Hall–Kier alpha value is -1.09. The van der Waals surface area contributed by atoms with Crippen molar-refractivity contribution in [3.8, 4) is 24.3 Å². The molecule has 14 heavy (non-hydrogen) atoms. The maximum atomic E-state index is 7.32. The standard InChI is InChI=1S/4C2H3N.Cu.H3P/c4*1-2-3;;/h4*1H3;;1H3/q;;;;+1;. The van der Waals surface area contributed by atoms with Crippen LogP contribution >= 0.6 is 9.90 Å². The molecule has 0 aliphatic rings. The van der Waals surface area contributed by atoms with Gasteiger partial charge in [0.2, 0.25) is 0 Å². The van der Waals surface area contributed by atoms with Gasteiger partial charge in [-0.05, 0) is 0 Å². The molecule has 1 atom stereocenters. The van der Waals surface area contributed by atoms with E-state index in [1.165, 1.54) is 27.7 Å². The Bertz CT molecular complexity index is 155. The molecule has 0 aromatic heterocycles. The van der Waals surface area contributed by atoms with Crippen LogP contribution in [-0.2, 0) is 17.1 Å². The Labute approximate surface area is 100 Å². The van der Waals surface area contributed by atoms with E-state index in [1.807, 2.05) is 0 Å². The van der Waals surface area contributed by atoms with Gasteiger partial charge in [-0.3, -0.25) is 0 Å². The molecule has 0 spiro atoms. The van der Waals surface area contributed by atoms with Crippen LogP contribution in [0.25, 0.3) is 0 Å². The fraction of sp³-hybridized carbons (Fsp3) is 0.500. The third kappa shape index (κ3) is 901. The average Bonchev–Trinajstić information content (AvgIpc) is 1.92. The third-order valence-electron chi connectivity index (χ3n) is 0. The van der Waals surface area contributed by atoms with Crippen molar-refractivity contribution in [1.82, 2.24) is 0 Å². The molecule has 0 aliphatic heterocycles. The molecule has 0 N–H and O–H groups in total. The van der Waals surface area contributed by atoms with Crippen molar-refractivity contribution in [3.05, 3.63) is 0 Å². The normalized spacial score (nSPS) is 2.29. The topological polar surface area (TPSA) is 95.2 Å². The number of rotatable bonds is 0. The first-order valence-corrected chi connectivity index (χ1v) is 2.89. The first kappa shape index (κ1) is 38.4. The minimum Gasteiger partial charge on any atom is -0.199 e. The summed E-state index contributed by atoms with van der Waals surface area (Å²) in [6.45, 7) is 5.72. The zero-order chi connectivity index (χ0) is 10.8. The van der Waals surface area contributed by atoms with E-state index in [9.17, 15) is 0 Å². The Balaban J connectivity index is -0.0000000145. The third-order valence-corrected chi connectivity index (χ3v) is 0. The molecule has 0 aromatic carbocycles. The van der Waals surface area contributed by atoms with Crippen LogP contribution in [0.2, 0.25) is 0 Å². The molecule has 0 saturated heterocycles. The summed E-state index contributed by atoms with van der Waals surface area (Å²) >= 11 is 0. The number of nitrogens with zero attached hydrogens (tertiary/aromatic N) is 4. The van der Waals surface area contributed by atoms with Crippen molar-refractivity contribution >= 4 is 9.90 Å². The molecular formula is C8H15CuN4P+. The molecule has 0 aromatic rings. The van der Waals surface area contributed by atoms with E-state index in [-0.39, 0.29) is 27.0 Å². The molecule has 0 amide bonds. The summed E-state index contributed by atoms with van der Waals surface area (Å²) in [7, 11) is 0. The first-order valence-electron chi connectivity index (χ1n) is 2.89. The van der Waals surface area contributed by atoms with Gasteiger partial charge in [-0.25, -0.2) is 0 Å². The van der Waals surface area contributed by atoms with Gasteiger partial charge in [-0.1, -0.05) is 0 Å². The SMILES string of the molecule is CC#N.CC#N.CC#N.CC#N.P.[Cu+]. The van der Waals surface area contributed by atoms with Crippen LogP contribution in [0.3, 0.4) is 0 Å². The number of hydrogen-bond donors (Lipinski definition) is 0. The zero-order valence-electron chi connectivity index (χ0n) is 8.80. The van der Waals surface area contributed by atoms with Gasteiger partial charge >= 0.3 is 17.1 Å². The van der Waals surface area contributed by atoms with E-state index in [4.69, 9.17) is 21.0 Å². The van der Waals surface area contributed by atoms with Gasteiger partial charge in [-0.15, -0.1) is 0 Å². The smallest absolute Gasteiger partial charge is 0.199 e. The van der Waals surface area contributed by atoms with Gasteiger partial charge in [0.15, 0.2) is 0 Å². The van der Waals surface area contributed by atoms with Crippen LogP contribution in [0.4, 0.5) is 0 Å². The van der Waals surface area contributed by atoms with Crippen LogP contribution in [-0.4, -0.2) is 0 Å². The maximum absolute atomic E-state index is 7.32. The molecule has 0 saturated carbocycles. The molecule has 0 radical (unpaired) electrons. The second-order valence-electron chi connectivity index (χ2n) is 0.894. The summed E-state index contributed by atoms with van der Waals surface area (Å²) < 4.78 is 0. The molecule has 1 unspecified atom stereocenters. The molecule has 4 nitrogen and oxygen atoms in total. The molecule has 0 bridgehead atoms. The summed E-state index contributed by atoms with van der Waals surface area (Å²) in [5.41, 5.74) is 0. The average molecular weight is 262 g/mol. The molecular weight excluding hydrogens is 247 g/mol. The minimum atomic E-state index is 0. The van der Waals surface area contributed by atoms with Crippen molar-refractivity contribution < 1.29 is 17.1 Å². The largest absolute Gasteiger partial charge is 1.00 e. The van der Waals surface area contributed by atoms with Gasteiger partial charge in [0.25, 0.3) is 0 Å². The Kier molecular flexibility index (Phi) is 459. The van der Waals surface area contributed by atoms with Crippen LogP contribution < -0.4 is 0 Å². The van der Waals surface area contributed by atoms with E-state index in [2.05, 4.69) is 0 Å². The fourth-order valence-corrected chi connectivity index (χ4v) is 0.